The molecule has 1 N–H and O–H groups in total. The molecule has 1 unspecified atom stereocenters. The number of fused-ring (bicyclic) bond motifs is 4. The molecule has 0 spiro atoms. The van der Waals surface area contributed by atoms with Crippen molar-refractivity contribution in [1.82, 2.24) is 4.90 Å². The Labute approximate surface area is 155 Å². The molecule has 0 aromatic heterocycles. The molecule has 1 heterocycles. The van der Waals surface area contributed by atoms with Crippen molar-refractivity contribution in [3.05, 3.63) is 65.2 Å². The molecular formula is C21H26BrNO. The van der Waals surface area contributed by atoms with Crippen LogP contribution in [0.15, 0.2) is 48.5 Å². The summed E-state index contributed by atoms with van der Waals surface area (Å²) in [6.07, 6.45) is 2.26. The smallest absolute Gasteiger partial charge is 0.115 e. The van der Waals surface area contributed by atoms with Gasteiger partial charge in [0.25, 0.3) is 0 Å². The van der Waals surface area contributed by atoms with Crippen LogP contribution in [0.1, 0.15) is 37.0 Å². The van der Waals surface area contributed by atoms with E-state index >= 15 is 0 Å². The third kappa shape index (κ3) is 2.78. The van der Waals surface area contributed by atoms with Gasteiger partial charge in [-0.2, -0.15) is 0 Å². The molecule has 2 nitrogen and oxygen atoms in total. The van der Waals surface area contributed by atoms with Gasteiger partial charge < -0.3 is 5.11 Å². The highest BCUT2D eigenvalue weighted by Gasteiger charge is 2.48. The third-order valence-corrected chi connectivity index (χ3v) is 6.34. The predicted octanol–water partition coefficient (Wildman–Crippen LogP) is 4.69. The maximum atomic E-state index is 9.92. The molecule has 2 aromatic carbocycles. The zero-order valence-electron chi connectivity index (χ0n) is 14.4. The van der Waals surface area contributed by atoms with Crippen molar-refractivity contribution in [3.8, 4) is 5.75 Å². The van der Waals surface area contributed by atoms with E-state index in [1.165, 1.54) is 16.7 Å². The molecule has 2 aromatic rings. The highest BCUT2D eigenvalue weighted by molar-refractivity contribution is 8.93. The van der Waals surface area contributed by atoms with Crippen LogP contribution in [0.25, 0.3) is 0 Å². The van der Waals surface area contributed by atoms with E-state index in [0.29, 0.717) is 17.7 Å². The Morgan fingerprint density at radius 2 is 1.92 bits per heavy atom. The first kappa shape index (κ1) is 17.5. The fourth-order valence-electron chi connectivity index (χ4n) is 4.71. The number of rotatable bonds is 2. The summed E-state index contributed by atoms with van der Waals surface area (Å²) in [7, 11) is 0. The molecule has 1 aliphatic heterocycles. The topological polar surface area (TPSA) is 23.5 Å². The minimum absolute atomic E-state index is 0. The van der Waals surface area contributed by atoms with Crippen LogP contribution in [-0.4, -0.2) is 22.6 Å². The lowest BCUT2D eigenvalue weighted by atomic mass is 9.59. The van der Waals surface area contributed by atoms with Crippen LogP contribution in [0.4, 0.5) is 0 Å². The molecule has 4 rings (SSSR count). The van der Waals surface area contributed by atoms with E-state index in [1.54, 1.807) is 0 Å². The summed E-state index contributed by atoms with van der Waals surface area (Å²) in [4.78, 5) is 2.66. The van der Waals surface area contributed by atoms with Crippen LogP contribution in [0, 0.1) is 5.92 Å². The molecule has 3 heteroatoms. The fourth-order valence-corrected chi connectivity index (χ4v) is 4.71. The SMILES string of the molecule is Br.CC1[C@@H]2Cc3ccc(O)cc3[C@@]1(C)CCN2Cc1ccccc1. The Morgan fingerprint density at radius 1 is 1.17 bits per heavy atom. The number of piperidine rings is 1. The van der Waals surface area contributed by atoms with Crippen LogP contribution < -0.4 is 0 Å². The van der Waals surface area contributed by atoms with E-state index in [4.69, 9.17) is 0 Å². The average Bonchev–Trinajstić information content (AvgIpc) is 2.55. The summed E-state index contributed by atoms with van der Waals surface area (Å²) >= 11 is 0. The first-order valence-electron chi connectivity index (χ1n) is 8.68. The van der Waals surface area contributed by atoms with Gasteiger partial charge >= 0.3 is 0 Å². The van der Waals surface area contributed by atoms with Crippen molar-refractivity contribution in [2.45, 2.75) is 44.7 Å². The highest BCUT2D eigenvalue weighted by Crippen LogP contribution is 2.49. The quantitative estimate of drug-likeness (QED) is 0.807. The number of nitrogens with zero attached hydrogens (tertiary/aromatic N) is 1. The second-order valence-corrected chi connectivity index (χ2v) is 7.53. The lowest BCUT2D eigenvalue weighted by molar-refractivity contribution is 0.0258. The highest BCUT2D eigenvalue weighted by atomic mass is 79.9. The van der Waals surface area contributed by atoms with Crippen molar-refractivity contribution in [1.29, 1.82) is 0 Å². The van der Waals surface area contributed by atoms with Crippen LogP contribution >= 0.6 is 17.0 Å². The van der Waals surface area contributed by atoms with Gasteiger partial charge in [0.1, 0.15) is 5.75 Å². The first-order valence-corrected chi connectivity index (χ1v) is 8.68. The number of halogens is 1. The lowest BCUT2D eigenvalue weighted by Gasteiger charge is -2.54. The average molecular weight is 388 g/mol. The van der Waals surface area contributed by atoms with Crippen LogP contribution in [0.3, 0.4) is 0 Å². The second kappa shape index (κ2) is 6.53. The van der Waals surface area contributed by atoms with E-state index in [1.807, 2.05) is 12.1 Å². The van der Waals surface area contributed by atoms with Gasteiger partial charge in [-0.1, -0.05) is 50.2 Å². The van der Waals surface area contributed by atoms with Crippen molar-refractivity contribution >= 4 is 17.0 Å². The number of phenols is 1. The number of aromatic hydroxyl groups is 1. The number of hydrogen-bond donors (Lipinski definition) is 1. The van der Waals surface area contributed by atoms with Gasteiger partial charge in [-0.05, 0) is 59.5 Å². The molecule has 24 heavy (non-hydrogen) atoms. The van der Waals surface area contributed by atoms with Crippen molar-refractivity contribution in [2.75, 3.05) is 6.54 Å². The number of likely N-dealkylation sites (tertiary alicyclic amines) is 1. The lowest BCUT2D eigenvalue weighted by Crippen LogP contribution is -2.57. The molecule has 3 atom stereocenters. The van der Waals surface area contributed by atoms with Crippen LogP contribution in [0.2, 0.25) is 0 Å². The van der Waals surface area contributed by atoms with E-state index in [0.717, 1.165) is 25.9 Å². The van der Waals surface area contributed by atoms with Gasteiger partial charge in [-0.3, -0.25) is 4.90 Å². The van der Waals surface area contributed by atoms with Gasteiger partial charge in [0.15, 0.2) is 0 Å². The van der Waals surface area contributed by atoms with E-state index in [2.05, 4.69) is 55.1 Å². The Kier molecular flexibility index (Phi) is 4.76. The predicted molar refractivity (Wildman–Crippen MR) is 104 cm³/mol. The molecule has 0 radical (unpaired) electrons. The normalized spacial score (nSPS) is 28.8. The van der Waals surface area contributed by atoms with Crippen LogP contribution in [-0.2, 0) is 18.4 Å². The van der Waals surface area contributed by atoms with Gasteiger partial charge in [-0.15, -0.1) is 17.0 Å². The van der Waals surface area contributed by atoms with Gasteiger partial charge in [-0.25, -0.2) is 0 Å². The third-order valence-electron chi connectivity index (χ3n) is 6.34. The maximum Gasteiger partial charge on any atom is 0.115 e. The second-order valence-electron chi connectivity index (χ2n) is 7.53. The number of hydrogen-bond acceptors (Lipinski definition) is 2. The van der Waals surface area contributed by atoms with Crippen molar-refractivity contribution in [3.63, 3.8) is 0 Å². The van der Waals surface area contributed by atoms with Gasteiger partial charge in [0, 0.05) is 12.6 Å². The summed E-state index contributed by atoms with van der Waals surface area (Å²) in [5, 5.41) is 9.92. The Hall–Kier alpha value is -1.32. The number of phenolic OH excluding ortho intramolecular Hbond substituents is 1. The number of benzene rings is 2. The Balaban J connectivity index is 0.00000169. The molecule has 128 valence electrons. The standard InChI is InChI=1S/C21H25NO.BrH/c1-15-20-12-17-8-9-18(23)13-19(17)21(15,2)10-11-22(20)14-16-6-4-3-5-7-16;/h3-9,13,15,20,23H,10-12,14H2,1-2H3;1H/t15?,20-,21-;/m0./s1. The maximum absolute atomic E-state index is 9.92. The molecule has 0 saturated carbocycles. The summed E-state index contributed by atoms with van der Waals surface area (Å²) in [5.74, 6) is 1.01. The van der Waals surface area contributed by atoms with E-state index in [-0.39, 0.29) is 22.4 Å². The molecule has 2 bridgehead atoms. The molecule has 2 aliphatic rings. The van der Waals surface area contributed by atoms with E-state index < -0.39 is 0 Å². The Morgan fingerprint density at radius 3 is 2.67 bits per heavy atom. The Bertz CT molecular complexity index is 717. The summed E-state index contributed by atoms with van der Waals surface area (Å²) in [5.41, 5.74) is 4.39. The zero-order chi connectivity index (χ0) is 16.0. The molecule has 0 amide bonds. The van der Waals surface area contributed by atoms with Crippen molar-refractivity contribution in [2.24, 2.45) is 5.92 Å². The monoisotopic (exact) mass is 387 g/mol. The minimum atomic E-state index is 0. The zero-order valence-corrected chi connectivity index (χ0v) is 16.1. The fraction of sp³-hybridized carbons (Fsp3) is 0.429. The van der Waals surface area contributed by atoms with Gasteiger partial charge in [0.05, 0.1) is 0 Å². The summed E-state index contributed by atoms with van der Waals surface area (Å²) in [6, 6.07) is 17.4. The van der Waals surface area contributed by atoms with Crippen LogP contribution in [0.5, 0.6) is 5.75 Å². The molecule has 1 saturated heterocycles. The molecule has 1 aliphatic carbocycles. The molecular weight excluding hydrogens is 362 g/mol. The van der Waals surface area contributed by atoms with Gasteiger partial charge in [0.2, 0.25) is 0 Å². The molecule has 1 fully saturated rings. The van der Waals surface area contributed by atoms with E-state index in [9.17, 15) is 5.11 Å². The summed E-state index contributed by atoms with van der Waals surface area (Å²) in [6.45, 7) is 6.96. The summed E-state index contributed by atoms with van der Waals surface area (Å²) < 4.78 is 0. The minimum Gasteiger partial charge on any atom is -0.508 e. The first-order chi connectivity index (χ1) is 11.1. The van der Waals surface area contributed by atoms with Crippen molar-refractivity contribution < 1.29 is 5.11 Å². The largest absolute Gasteiger partial charge is 0.508 e.